The van der Waals surface area contributed by atoms with Crippen molar-refractivity contribution in [3.05, 3.63) is 120 Å². The van der Waals surface area contributed by atoms with Gasteiger partial charge in [-0.1, -0.05) is 24.8 Å². The molecule has 2 heterocycles. The van der Waals surface area contributed by atoms with Crippen LogP contribution in [0, 0.1) is 5.82 Å². The topological polar surface area (TPSA) is 57.4 Å². The number of carbonyl (C=O) groups is 1. The van der Waals surface area contributed by atoms with Gasteiger partial charge in [0.05, 0.1) is 0 Å². The van der Waals surface area contributed by atoms with E-state index in [0.29, 0.717) is 28.6 Å². The van der Waals surface area contributed by atoms with Crippen molar-refractivity contribution in [1.82, 2.24) is 4.98 Å². The molecule has 3 aromatic carbocycles. The Balaban J connectivity index is 1.33. The largest absolute Gasteiger partial charge is 0.457 e. The summed E-state index contributed by atoms with van der Waals surface area (Å²) in [5, 5.41) is 2.89. The minimum Gasteiger partial charge on any atom is -0.457 e. The number of para-hydroxylation sites is 1. The number of carbonyl (C=O) groups excluding carboxylic acids is 1. The molecule has 33 heavy (non-hydrogen) atoms. The van der Waals surface area contributed by atoms with Crippen LogP contribution in [0.15, 0.2) is 103 Å². The highest BCUT2D eigenvalue weighted by atomic mass is 19.1. The van der Waals surface area contributed by atoms with Crippen LogP contribution >= 0.6 is 0 Å². The van der Waals surface area contributed by atoms with E-state index in [2.05, 4.69) is 16.9 Å². The molecular weight excluding hydrogens is 417 g/mol. The average molecular weight is 437 g/mol. The van der Waals surface area contributed by atoms with Crippen LogP contribution in [0.4, 0.5) is 21.6 Å². The van der Waals surface area contributed by atoms with Crippen molar-refractivity contribution in [2.75, 3.05) is 10.2 Å². The van der Waals surface area contributed by atoms with Crippen molar-refractivity contribution in [3.8, 4) is 11.5 Å². The number of halogens is 1. The number of benzene rings is 3. The maximum atomic E-state index is 13.4. The van der Waals surface area contributed by atoms with Gasteiger partial charge in [0, 0.05) is 22.6 Å². The summed E-state index contributed by atoms with van der Waals surface area (Å²) in [5.74, 6) is 1.52. The lowest BCUT2D eigenvalue weighted by atomic mass is 10.1. The number of aromatic amines is 1. The molecule has 1 aliphatic rings. The third kappa shape index (κ3) is 4.27. The van der Waals surface area contributed by atoms with E-state index in [9.17, 15) is 9.18 Å². The molecule has 0 spiro atoms. The van der Waals surface area contributed by atoms with Gasteiger partial charge in [-0.05, 0) is 78.9 Å². The standard InChI is InChI=1S/C27H20FN3O2/c1-18-7-8-19-17-25(30-26(19)31(18)22-13-9-20(28)10-14-22)27(32)29-21-11-15-24(16-12-21)33-23-5-3-2-4-6-23/h2-17,30H,1H2,(H,29,32). The van der Waals surface area contributed by atoms with Crippen LogP contribution in [0.1, 0.15) is 16.1 Å². The third-order valence-electron chi connectivity index (χ3n) is 5.21. The van der Waals surface area contributed by atoms with Crippen LogP contribution in [-0.4, -0.2) is 10.9 Å². The second-order valence-electron chi connectivity index (χ2n) is 7.52. The fourth-order valence-electron chi connectivity index (χ4n) is 3.61. The fraction of sp³-hybridized carbons (Fsp3) is 0. The van der Waals surface area contributed by atoms with Gasteiger partial charge in [-0.3, -0.25) is 9.69 Å². The molecule has 0 saturated heterocycles. The van der Waals surface area contributed by atoms with Gasteiger partial charge in [0.25, 0.3) is 5.91 Å². The number of amides is 1. The number of nitrogens with zero attached hydrogens (tertiary/aromatic N) is 1. The first-order valence-corrected chi connectivity index (χ1v) is 10.4. The lowest BCUT2D eigenvalue weighted by Gasteiger charge is -2.27. The molecule has 6 heteroatoms. The SMILES string of the molecule is C=C1C=Cc2cc(C(=O)Nc3ccc(Oc4ccccc4)cc3)[nH]c2N1c1ccc(F)cc1. The van der Waals surface area contributed by atoms with E-state index in [4.69, 9.17) is 4.74 Å². The number of anilines is 3. The molecule has 5 rings (SSSR count). The number of ether oxygens (including phenoxy) is 1. The number of fused-ring (bicyclic) bond motifs is 1. The summed E-state index contributed by atoms with van der Waals surface area (Å²) in [6.45, 7) is 4.07. The monoisotopic (exact) mass is 437 g/mol. The zero-order valence-electron chi connectivity index (χ0n) is 17.6. The van der Waals surface area contributed by atoms with Crippen LogP contribution < -0.4 is 15.0 Å². The maximum Gasteiger partial charge on any atom is 0.272 e. The van der Waals surface area contributed by atoms with E-state index in [1.807, 2.05) is 47.4 Å². The van der Waals surface area contributed by atoms with Crippen LogP contribution in [0.25, 0.3) is 6.08 Å². The lowest BCUT2D eigenvalue weighted by Crippen LogP contribution is -2.18. The number of hydrogen-bond donors (Lipinski definition) is 2. The summed E-state index contributed by atoms with van der Waals surface area (Å²) in [7, 11) is 0. The van der Waals surface area contributed by atoms with Gasteiger partial charge in [-0.15, -0.1) is 0 Å². The summed E-state index contributed by atoms with van der Waals surface area (Å²) in [6, 6.07) is 24.5. The molecule has 1 aliphatic heterocycles. The number of hydrogen-bond acceptors (Lipinski definition) is 3. The number of allylic oxidation sites excluding steroid dienone is 1. The highest BCUT2D eigenvalue weighted by Gasteiger charge is 2.23. The van der Waals surface area contributed by atoms with Gasteiger partial charge < -0.3 is 15.0 Å². The Kier molecular flexibility index (Phi) is 5.24. The zero-order valence-corrected chi connectivity index (χ0v) is 17.6. The number of rotatable bonds is 5. The predicted molar refractivity (Wildman–Crippen MR) is 128 cm³/mol. The first kappa shape index (κ1) is 20.3. The van der Waals surface area contributed by atoms with Gasteiger partial charge in [0.1, 0.15) is 28.8 Å². The molecule has 0 radical (unpaired) electrons. The molecule has 0 aliphatic carbocycles. The minimum atomic E-state index is -0.316. The summed E-state index contributed by atoms with van der Waals surface area (Å²) < 4.78 is 19.2. The fourth-order valence-corrected chi connectivity index (χ4v) is 3.61. The molecule has 0 saturated carbocycles. The van der Waals surface area contributed by atoms with E-state index in [1.54, 1.807) is 42.5 Å². The summed E-state index contributed by atoms with van der Waals surface area (Å²) in [6.07, 6.45) is 3.74. The molecule has 2 N–H and O–H groups in total. The van der Waals surface area contributed by atoms with E-state index in [1.165, 1.54) is 12.1 Å². The molecular formula is C27H20FN3O2. The molecule has 0 unspecified atom stereocenters. The van der Waals surface area contributed by atoms with Gasteiger partial charge in [0.2, 0.25) is 0 Å². The number of nitrogens with one attached hydrogen (secondary N) is 2. The average Bonchev–Trinajstić information content (AvgIpc) is 3.26. The number of H-pyrrole nitrogens is 1. The second-order valence-corrected chi connectivity index (χ2v) is 7.52. The number of aromatic nitrogens is 1. The minimum absolute atomic E-state index is 0.279. The lowest BCUT2D eigenvalue weighted by molar-refractivity contribution is 0.102. The Labute approximate surface area is 190 Å². The molecule has 1 aromatic heterocycles. The second kappa shape index (κ2) is 8.51. The molecule has 0 atom stereocenters. The van der Waals surface area contributed by atoms with Gasteiger partial charge in [-0.25, -0.2) is 4.39 Å². The summed E-state index contributed by atoms with van der Waals surface area (Å²) in [4.78, 5) is 17.9. The first-order chi connectivity index (χ1) is 16.1. The van der Waals surface area contributed by atoms with Crippen LogP contribution in [0.5, 0.6) is 11.5 Å². The smallest absolute Gasteiger partial charge is 0.272 e. The summed E-state index contributed by atoms with van der Waals surface area (Å²) >= 11 is 0. The Morgan fingerprint density at radius 2 is 1.61 bits per heavy atom. The van der Waals surface area contributed by atoms with E-state index in [-0.39, 0.29) is 11.7 Å². The van der Waals surface area contributed by atoms with Crippen molar-refractivity contribution in [2.45, 2.75) is 0 Å². The van der Waals surface area contributed by atoms with Crippen LogP contribution in [0.3, 0.4) is 0 Å². The van der Waals surface area contributed by atoms with Crippen LogP contribution in [-0.2, 0) is 0 Å². The first-order valence-electron chi connectivity index (χ1n) is 10.4. The predicted octanol–water partition coefficient (Wildman–Crippen LogP) is 6.88. The third-order valence-corrected chi connectivity index (χ3v) is 5.21. The van der Waals surface area contributed by atoms with E-state index < -0.39 is 0 Å². The van der Waals surface area contributed by atoms with Gasteiger partial charge >= 0.3 is 0 Å². The highest BCUT2D eigenvalue weighted by molar-refractivity contribution is 6.04. The summed E-state index contributed by atoms with van der Waals surface area (Å²) in [5.41, 5.74) is 3.33. The van der Waals surface area contributed by atoms with Crippen LogP contribution in [0.2, 0.25) is 0 Å². The van der Waals surface area contributed by atoms with Crippen molar-refractivity contribution in [3.63, 3.8) is 0 Å². The Hall–Kier alpha value is -4.58. The van der Waals surface area contributed by atoms with E-state index in [0.717, 1.165) is 17.0 Å². The Morgan fingerprint density at radius 3 is 2.33 bits per heavy atom. The van der Waals surface area contributed by atoms with Crippen molar-refractivity contribution in [2.24, 2.45) is 0 Å². The molecule has 0 fully saturated rings. The highest BCUT2D eigenvalue weighted by Crippen LogP contribution is 2.36. The van der Waals surface area contributed by atoms with Crippen molar-refractivity contribution < 1.29 is 13.9 Å². The normalized spacial score (nSPS) is 12.4. The quantitative estimate of drug-likeness (QED) is 0.358. The molecule has 5 nitrogen and oxygen atoms in total. The Morgan fingerprint density at radius 1 is 0.909 bits per heavy atom. The van der Waals surface area contributed by atoms with E-state index >= 15 is 0 Å². The maximum absolute atomic E-state index is 13.4. The van der Waals surface area contributed by atoms with Crippen molar-refractivity contribution in [1.29, 1.82) is 0 Å². The van der Waals surface area contributed by atoms with Gasteiger partial charge in [0.15, 0.2) is 0 Å². The molecule has 4 aromatic rings. The van der Waals surface area contributed by atoms with Crippen molar-refractivity contribution >= 4 is 29.2 Å². The molecule has 0 bridgehead atoms. The molecule has 1 amide bonds. The van der Waals surface area contributed by atoms with Gasteiger partial charge in [-0.2, -0.15) is 0 Å². The Bertz CT molecular complexity index is 1340. The molecule has 162 valence electrons. The zero-order chi connectivity index (χ0) is 22.8.